The van der Waals surface area contributed by atoms with Gasteiger partial charge >= 0.3 is 6.03 Å². The standard InChI is InChI=1S/C17H23N3O4/c1-17(12-5-3-7-14(9-12)24-2)15(22)20(16(23)18-17)11-19-8-4-6-13(21)10-19/h3,5,7,9,13,21H,4,6,8,10-11H2,1-2H3,(H,18,23)/p+1/t13-,17-/m0/s1. The third kappa shape index (κ3) is 2.97. The molecule has 1 unspecified atom stereocenters. The van der Waals surface area contributed by atoms with Crippen LogP contribution in [0, 0.1) is 0 Å². The van der Waals surface area contributed by atoms with Crippen molar-refractivity contribution in [2.24, 2.45) is 0 Å². The molecule has 3 N–H and O–H groups in total. The first-order valence-electron chi connectivity index (χ1n) is 8.24. The molecule has 2 fully saturated rings. The number of imide groups is 1. The van der Waals surface area contributed by atoms with Crippen molar-refractivity contribution in [3.05, 3.63) is 29.8 Å². The van der Waals surface area contributed by atoms with Crippen LogP contribution < -0.4 is 15.0 Å². The summed E-state index contributed by atoms with van der Waals surface area (Å²) in [5, 5.41) is 12.6. The lowest BCUT2D eigenvalue weighted by Crippen LogP contribution is -3.15. The van der Waals surface area contributed by atoms with Crippen LogP contribution in [0.3, 0.4) is 0 Å². The highest BCUT2D eigenvalue weighted by molar-refractivity contribution is 6.07. The number of piperidine rings is 1. The molecule has 0 aromatic heterocycles. The van der Waals surface area contributed by atoms with E-state index in [2.05, 4.69) is 5.32 Å². The SMILES string of the molecule is COc1cccc([C@]2(C)NC(=O)N(C[NH+]3CCC[C@H](O)C3)C2=O)c1. The highest BCUT2D eigenvalue weighted by Gasteiger charge is 2.50. The zero-order chi connectivity index (χ0) is 17.3. The Labute approximate surface area is 141 Å². The topological polar surface area (TPSA) is 83.3 Å². The van der Waals surface area contributed by atoms with Crippen LogP contribution in [0.1, 0.15) is 25.3 Å². The van der Waals surface area contributed by atoms with Gasteiger partial charge in [-0.15, -0.1) is 0 Å². The number of hydrogen-bond donors (Lipinski definition) is 3. The second kappa shape index (κ2) is 6.41. The minimum atomic E-state index is -1.10. The molecule has 0 bridgehead atoms. The van der Waals surface area contributed by atoms with Crippen molar-refractivity contribution < 1.29 is 24.3 Å². The monoisotopic (exact) mass is 334 g/mol. The summed E-state index contributed by atoms with van der Waals surface area (Å²) >= 11 is 0. The lowest BCUT2D eigenvalue weighted by Gasteiger charge is -2.29. The molecule has 7 heteroatoms. The summed E-state index contributed by atoms with van der Waals surface area (Å²) in [7, 11) is 1.56. The van der Waals surface area contributed by atoms with Gasteiger partial charge in [0.05, 0.1) is 13.7 Å². The predicted octanol–water partition coefficient (Wildman–Crippen LogP) is -0.541. The van der Waals surface area contributed by atoms with Crippen LogP contribution in [0.4, 0.5) is 4.79 Å². The molecule has 0 radical (unpaired) electrons. The van der Waals surface area contributed by atoms with Gasteiger partial charge in [-0.1, -0.05) is 12.1 Å². The minimum absolute atomic E-state index is 0.270. The van der Waals surface area contributed by atoms with Gasteiger partial charge in [0.2, 0.25) is 0 Å². The summed E-state index contributed by atoms with van der Waals surface area (Å²) in [5.74, 6) is 0.368. The molecule has 3 rings (SSSR count). The number of carbonyl (C=O) groups excluding carboxylic acids is 2. The summed E-state index contributed by atoms with van der Waals surface area (Å²) in [6, 6.07) is 6.78. The Morgan fingerprint density at radius 1 is 1.46 bits per heavy atom. The van der Waals surface area contributed by atoms with Crippen molar-refractivity contribution in [1.29, 1.82) is 0 Å². The molecule has 2 heterocycles. The van der Waals surface area contributed by atoms with Crippen LogP contribution in [0.25, 0.3) is 0 Å². The first-order valence-corrected chi connectivity index (χ1v) is 8.24. The third-order valence-electron chi connectivity index (χ3n) is 4.90. The predicted molar refractivity (Wildman–Crippen MR) is 86.5 cm³/mol. The number of amides is 3. The van der Waals surface area contributed by atoms with Crippen molar-refractivity contribution in [2.45, 2.75) is 31.4 Å². The number of quaternary nitrogens is 1. The average Bonchev–Trinajstić information content (AvgIpc) is 2.79. The van der Waals surface area contributed by atoms with E-state index in [9.17, 15) is 14.7 Å². The summed E-state index contributed by atoms with van der Waals surface area (Å²) < 4.78 is 5.21. The molecule has 1 aromatic rings. The molecular weight excluding hydrogens is 310 g/mol. The second-order valence-corrected chi connectivity index (χ2v) is 6.68. The van der Waals surface area contributed by atoms with Gasteiger partial charge in [0.1, 0.15) is 23.9 Å². The molecule has 2 saturated heterocycles. The van der Waals surface area contributed by atoms with Crippen LogP contribution in [-0.4, -0.2) is 54.9 Å². The molecule has 0 saturated carbocycles. The first kappa shape index (κ1) is 16.7. The van der Waals surface area contributed by atoms with E-state index in [1.165, 1.54) is 4.90 Å². The maximum atomic E-state index is 12.9. The van der Waals surface area contributed by atoms with E-state index in [0.717, 1.165) is 24.3 Å². The molecule has 3 amide bonds. The summed E-state index contributed by atoms with van der Waals surface area (Å²) in [6.45, 7) is 3.40. The fourth-order valence-electron chi connectivity index (χ4n) is 3.46. The Hall–Kier alpha value is -2.12. The lowest BCUT2D eigenvalue weighted by atomic mass is 9.92. The second-order valence-electron chi connectivity index (χ2n) is 6.68. The fraction of sp³-hybridized carbons (Fsp3) is 0.529. The van der Waals surface area contributed by atoms with E-state index in [-0.39, 0.29) is 18.7 Å². The van der Waals surface area contributed by atoms with Crippen molar-refractivity contribution in [3.63, 3.8) is 0 Å². The van der Waals surface area contributed by atoms with Crippen LogP contribution in [0.15, 0.2) is 24.3 Å². The lowest BCUT2D eigenvalue weighted by molar-refractivity contribution is -0.915. The quantitative estimate of drug-likeness (QED) is 0.646. The van der Waals surface area contributed by atoms with Crippen LogP contribution in [0.2, 0.25) is 0 Å². The van der Waals surface area contributed by atoms with Gasteiger partial charge in [0.25, 0.3) is 5.91 Å². The normalized spacial score (nSPS) is 30.4. The number of methoxy groups -OCH3 is 1. The number of carbonyl (C=O) groups is 2. The number of benzene rings is 1. The number of ether oxygens (including phenoxy) is 1. The number of urea groups is 1. The van der Waals surface area contributed by atoms with Gasteiger partial charge in [0.15, 0.2) is 6.67 Å². The third-order valence-corrected chi connectivity index (χ3v) is 4.90. The number of nitrogens with one attached hydrogen (secondary N) is 2. The number of nitrogens with zero attached hydrogens (tertiary/aromatic N) is 1. The van der Waals surface area contributed by atoms with E-state index in [4.69, 9.17) is 4.74 Å². The molecule has 2 aliphatic heterocycles. The van der Waals surface area contributed by atoms with E-state index >= 15 is 0 Å². The van der Waals surface area contributed by atoms with Gasteiger partial charge in [-0.25, -0.2) is 9.69 Å². The Morgan fingerprint density at radius 3 is 2.96 bits per heavy atom. The Morgan fingerprint density at radius 2 is 2.25 bits per heavy atom. The van der Waals surface area contributed by atoms with Crippen LogP contribution in [0.5, 0.6) is 5.75 Å². The number of aliphatic hydroxyl groups excluding tert-OH is 1. The molecule has 130 valence electrons. The highest BCUT2D eigenvalue weighted by Crippen LogP contribution is 2.30. The smallest absolute Gasteiger partial charge is 0.329 e. The summed E-state index contributed by atoms with van der Waals surface area (Å²) in [4.78, 5) is 27.6. The van der Waals surface area contributed by atoms with Gasteiger partial charge in [0, 0.05) is 0 Å². The Bertz CT molecular complexity index is 650. The largest absolute Gasteiger partial charge is 0.497 e. The Kier molecular flexibility index (Phi) is 4.47. The highest BCUT2D eigenvalue weighted by atomic mass is 16.5. The van der Waals surface area contributed by atoms with Crippen molar-refractivity contribution in [2.75, 3.05) is 26.9 Å². The zero-order valence-corrected chi connectivity index (χ0v) is 14.0. The number of aliphatic hydroxyl groups is 1. The van der Waals surface area contributed by atoms with Gasteiger partial charge in [-0.2, -0.15) is 0 Å². The number of likely N-dealkylation sites (tertiary alicyclic amines) is 1. The molecule has 3 atom stereocenters. The summed E-state index contributed by atoms with van der Waals surface area (Å²) in [6.07, 6.45) is 1.32. The van der Waals surface area contributed by atoms with Gasteiger partial charge in [-0.3, -0.25) is 4.79 Å². The van der Waals surface area contributed by atoms with E-state index in [0.29, 0.717) is 17.9 Å². The van der Waals surface area contributed by atoms with Crippen molar-refractivity contribution in [3.8, 4) is 5.75 Å². The molecule has 0 aliphatic carbocycles. The molecular formula is C17H24N3O4+. The maximum absolute atomic E-state index is 12.9. The van der Waals surface area contributed by atoms with E-state index in [1.807, 2.05) is 6.07 Å². The van der Waals surface area contributed by atoms with Gasteiger partial charge in [-0.05, 0) is 37.5 Å². The Balaban J connectivity index is 1.79. The molecule has 2 aliphatic rings. The first-order chi connectivity index (χ1) is 11.4. The average molecular weight is 334 g/mol. The minimum Gasteiger partial charge on any atom is -0.497 e. The van der Waals surface area contributed by atoms with E-state index in [1.54, 1.807) is 32.2 Å². The molecule has 24 heavy (non-hydrogen) atoms. The van der Waals surface area contributed by atoms with Crippen molar-refractivity contribution >= 4 is 11.9 Å². The van der Waals surface area contributed by atoms with Crippen LogP contribution in [-0.2, 0) is 10.3 Å². The van der Waals surface area contributed by atoms with Gasteiger partial charge < -0.3 is 20.1 Å². The van der Waals surface area contributed by atoms with E-state index < -0.39 is 11.6 Å². The molecule has 0 spiro atoms. The maximum Gasteiger partial charge on any atom is 0.329 e. The number of rotatable bonds is 4. The van der Waals surface area contributed by atoms with Crippen LogP contribution >= 0.6 is 0 Å². The van der Waals surface area contributed by atoms with Crippen molar-refractivity contribution in [1.82, 2.24) is 10.2 Å². The molecule has 1 aromatic carbocycles. The fourth-order valence-corrected chi connectivity index (χ4v) is 3.46. The number of hydrogen-bond acceptors (Lipinski definition) is 4. The molecule has 7 nitrogen and oxygen atoms in total. The zero-order valence-electron chi connectivity index (χ0n) is 14.0. The summed E-state index contributed by atoms with van der Waals surface area (Å²) in [5.41, 5.74) is -0.407.